The Bertz CT molecular complexity index is 1220. The number of hydrogen-bond acceptors (Lipinski definition) is 6. The molecule has 0 radical (unpaired) electrons. The number of aromatic nitrogens is 1. The summed E-state index contributed by atoms with van der Waals surface area (Å²) in [5.41, 5.74) is 4.03. The van der Waals surface area contributed by atoms with Crippen LogP contribution in [0, 0.1) is 6.92 Å². The second-order valence-corrected chi connectivity index (χ2v) is 8.03. The Kier molecular flexibility index (Phi) is 6.10. The van der Waals surface area contributed by atoms with Crippen LogP contribution >= 0.6 is 11.6 Å². The van der Waals surface area contributed by atoms with E-state index in [1.165, 1.54) is 5.01 Å². The average Bonchev–Trinajstić information content (AvgIpc) is 3.22. The summed E-state index contributed by atoms with van der Waals surface area (Å²) in [4.78, 5) is 28.3. The second-order valence-electron chi connectivity index (χ2n) is 7.67. The molecule has 1 aliphatic heterocycles. The fourth-order valence-corrected chi connectivity index (χ4v) is 4.04. The van der Waals surface area contributed by atoms with Crippen molar-refractivity contribution in [2.45, 2.75) is 32.2 Å². The fourth-order valence-electron chi connectivity index (χ4n) is 3.77. The zero-order chi connectivity index (χ0) is 22.8. The highest BCUT2D eigenvalue weighted by molar-refractivity contribution is 6.30. The van der Waals surface area contributed by atoms with Gasteiger partial charge in [-0.3, -0.25) is 4.79 Å². The van der Waals surface area contributed by atoms with Gasteiger partial charge >= 0.3 is 0 Å². The van der Waals surface area contributed by atoms with Crippen LogP contribution in [-0.4, -0.2) is 34.7 Å². The highest BCUT2D eigenvalue weighted by Crippen LogP contribution is 2.38. The minimum absolute atomic E-state index is 0.212. The van der Waals surface area contributed by atoms with Crippen molar-refractivity contribution in [2.75, 3.05) is 7.11 Å². The standard InChI is InChI=1S/C24H22ClN3O4/c1-14-3-4-16-12-18(24(25)26-19(16)11-14)21-13-20(15-5-7-17(32-2)8-6-15)27-28(21)22(29)9-10-23(30)31/h3-8,11-12,21H,9-10,13H2,1-2H3,(H,30,31)/p-1/t21-/m0/s1. The Labute approximate surface area is 190 Å². The molecule has 3 aromatic rings. The summed E-state index contributed by atoms with van der Waals surface area (Å²) in [5.74, 6) is -0.986. The molecule has 2 heterocycles. The van der Waals surface area contributed by atoms with Gasteiger partial charge in [-0.1, -0.05) is 23.7 Å². The zero-order valence-corrected chi connectivity index (χ0v) is 18.4. The number of carbonyl (C=O) groups is 2. The van der Waals surface area contributed by atoms with Crippen molar-refractivity contribution in [2.24, 2.45) is 5.10 Å². The third-order valence-corrected chi connectivity index (χ3v) is 5.75. The third-order valence-electron chi connectivity index (χ3n) is 5.44. The molecular formula is C24H21ClN3O4-. The molecule has 1 aromatic heterocycles. The van der Waals surface area contributed by atoms with Crippen LogP contribution in [0.3, 0.4) is 0 Å². The number of carbonyl (C=O) groups excluding carboxylic acids is 2. The van der Waals surface area contributed by atoms with Crippen LogP contribution in [0.2, 0.25) is 5.15 Å². The monoisotopic (exact) mass is 450 g/mol. The Morgan fingerprint density at radius 3 is 2.59 bits per heavy atom. The van der Waals surface area contributed by atoms with E-state index in [-0.39, 0.29) is 18.0 Å². The molecule has 0 aliphatic carbocycles. The molecule has 0 N–H and O–H groups in total. The normalized spacial score (nSPS) is 15.7. The van der Waals surface area contributed by atoms with E-state index in [2.05, 4.69) is 10.1 Å². The first-order chi connectivity index (χ1) is 15.4. The number of rotatable bonds is 6. The molecule has 2 aromatic carbocycles. The Morgan fingerprint density at radius 2 is 1.91 bits per heavy atom. The van der Waals surface area contributed by atoms with Gasteiger partial charge in [-0.2, -0.15) is 5.10 Å². The van der Waals surface area contributed by atoms with Gasteiger partial charge in [0.05, 0.1) is 24.4 Å². The summed E-state index contributed by atoms with van der Waals surface area (Å²) in [6, 6.07) is 14.7. The molecule has 1 aliphatic rings. The molecule has 164 valence electrons. The van der Waals surface area contributed by atoms with E-state index in [0.29, 0.717) is 23.4 Å². The lowest BCUT2D eigenvalue weighted by Crippen LogP contribution is -2.30. The van der Waals surface area contributed by atoms with Crippen LogP contribution in [0.4, 0.5) is 0 Å². The molecule has 1 amide bonds. The number of nitrogens with zero attached hydrogens (tertiary/aromatic N) is 3. The number of aryl methyl sites for hydroxylation is 1. The van der Waals surface area contributed by atoms with Crippen molar-refractivity contribution < 1.29 is 19.4 Å². The van der Waals surface area contributed by atoms with Gasteiger partial charge in [0.1, 0.15) is 10.9 Å². The predicted octanol–water partition coefficient (Wildman–Crippen LogP) is 3.41. The quantitative estimate of drug-likeness (QED) is 0.536. The molecule has 0 fully saturated rings. The summed E-state index contributed by atoms with van der Waals surface area (Å²) >= 11 is 6.55. The zero-order valence-electron chi connectivity index (χ0n) is 17.7. The Balaban J connectivity index is 1.72. The van der Waals surface area contributed by atoms with E-state index in [9.17, 15) is 14.7 Å². The number of hydrogen-bond donors (Lipinski definition) is 0. The maximum absolute atomic E-state index is 12.9. The van der Waals surface area contributed by atoms with Crippen LogP contribution in [0.25, 0.3) is 10.9 Å². The van der Waals surface area contributed by atoms with Crippen molar-refractivity contribution in [1.82, 2.24) is 9.99 Å². The van der Waals surface area contributed by atoms with E-state index in [1.807, 2.05) is 55.5 Å². The van der Waals surface area contributed by atoms with Crippen molar-refractivity contribution >= 4 is 40.1 Å². The first-order valence-electron chi connectivity index (χ1n) is 10.2. The lowest BCUT2D eigenvalue weighted by atomic mass is 9.98. The van der Waals surface area contributed by atoms with Crippen LogP contribution in [0.15, 0.2) is 53.6 Å². The molecule has 0 bridgehead atoms. The van der Waals surface area contributed by atoms with Crippen LogP contribution in [-0.2, 0) is 9.59 Å². The van der Waals surface area contributed by atoms with Gasteiger partial charge in [-0.05, 0) is 60.9 Å². The number of carboxylic acid groups (broad SMARTS) is 1. The second kappa shape index (κ2) is 8.96. The van der Waals surface area contributed by atoms with Gasteiger partial charge in [0.2, 0.25) is 5.91 Å². The summed E-state index contributed by atoms with van der Waals surface area (Å²) in [5, 5.41) is 17.9. The molecule has 0 unspecified atom stereocenters. The Hall–Kier alpha value is -3.45. The molecule has 0 saturated carbocycles. The SMILES string of the molecule is COc1ccc(C2=NN(C(=O)CCC(=O)[O-])[C@H](c3cc4ccc(C)cc4nc3Cl)C2)cc1. The van der Waals surface area contributed by atoms with Gasteiger partial charge in [0, 0.05) is 29.8 Å². The van der Waals surface area contributed by atoms with Crippen molar-refractivity contribution in [3.63, 3.8) is 0 Å². The number of hydrazone groups is 1. The number of fused-ring (bicyclic) bond motifs is 1. The Morgan fingerprint density at radius 1 is 1.16 bits per heavy atom. The van der Waals surface area contributed by atoms with E-state index >= 15 is 0 Å². The maximum atomic E-state index is 12.9. The number of aliphatic carboxylic acids is 1. The van der Waals surface area contributed by atoms with Crippen LogP contribution in [0.1, 0.15) is 42.0 Å². The molecule has 0 spiro atoms. The van der Waals surface area contributed by atoms with Gasteiger partial charge < -0.3 is 14.6 Å². The lowest BCUT2D eigenvalue weighted by Gasteiger charge is -2.23. The molecule has 8 heteroatoms. The summed E-state index contributed by atoms with van der Waals surface area (Å²) in [6.45, 7) is 1.98. The first kappa shape index (κ1) is 21.8. The van der Waals surface area contributed by atoms with Crippen molar-refractivity contribution in [3.8, 4) is 5.75 Å². The smallest absolute Gasteiger partial charge is 0.243 e. The lowest BCUT2D eigenvalue weighted by molar-refractivity contribution is -0.305. The number of methoxy groups -OCH3 is 1. The van der Waals surface area contributed by atoms with E-state index in [1.54, 1.807) is 7.11 Å². The summed E-state index contributed by atoms with van der Waals surface area (Å²) in [7, 11) is 1.59. The van der Waals surface area contributed by atoms with Gasteiger partial charge in [-0.15, -0.1) is 0 Å². The molecular weight excluding hydrogens is 430 g/mol. The summed E-state index contributed by atoms with van der Waals surface area (Å²) < 4.78 is 5.21. The summed E-state index contributed by atoms with van der Waals surface area (Å²) in [6.07, 6.45) is -0.170. The number of benzene rings is 2. The molecule has 32 heavy (non-hydrogen) atoms. The van der Waals surface area contributed by atoms with E-state index < -0.39 is 17.9 Å². The van der Waals surface area contributed by atoms with Crippen molar-refractivity contribution in [1.29, 1.82) is 0 Å². The predicted molar refractivity (Wildman–Crippen MR) is 119 cm³/mol. The largest absolute Gasteiger partial charge is 0.550 e. The van der Waals surface area contributed by atoms with Crippen LogP contribution < -0.4 is 9.84 Å². The van der Waals surface area contributed by atoms with Crippen LogP contribution in [0.5, 0.6) is 5.75 Å². The number of amides is 1. The van der Waals surface area contributed by atoms with E-state index in [4.69, 9.17) is 16.3 Å². The highest BCUT2D eigenvalue weighted by atomic mass is 35.5. The minimum atomic E-state index is -1.28. The van der Waals surface area contributed by atoms with Gasteiger partial charge in [0.25, 0.3) is 0 Å². The molecule has 1 atom stereocenters. The minimum Gasteiger partial charge on any atom is -0.550 e. The molecule has 7 nitrogen and oxygen atoms in total. The number of halogens is 1. The molecule has 4 rings (SSSR count). The fraction of sp³-hybridized carbons (Fsp3) is 0.250. The maximum Gasteiger partial charge on any atom is 0.243 e. The molecule has 0 saturated heterocycles. The van der Waals surface area contributed by atoms with Gasteiger partial charge in [0.15, 0.2) is 0 Å². The van der Waals surface area contributed by atoms with Crippen molar-refractivity contribution in [3.05, 3.63) is 70.4 Å². The number of carboxylic acids is 1. The van der Waals surface area contributed by atoms with Gasteiger partial charge in [-0.25, -0.2) is 9.99 Å². The number of pyridine rings is 1. The number of ether oxygens (including phenoxy) is 1. The average molecular weight is 451 g/mol. The van der Waals surface area contributed by atoms with E-state index in [0.717, 1.165) is 22.0 Å². The first-order valence-corrected chi connectivity index (χ1v) is 10.5. The third kappa shape index (κ3) is 4.43. The topological polar surface area (TPSA) is 94.9 Å². The highest BCUT2D eigenvalue weighted by Gasteiger charge is 2.34.